The topological polar surface area (TPSA) is 105 Å². The second kappa shape index (κ2) is 13.1. The molecule has 0 aliphatic heterocycles. The van der Waals surface area contributed by atoms with Crippen molar-refractivity contribution in [3.8, 4) is 11.5 Å². The first-order valence-electron chi connectivity index (χ1n) is 11.2. The van der Waals surface area contributed by atoms with Crippen LogP contribution in [0.3, 0.4) is 0 Å². The Morgan fingerprint density at radius 1 is 0.405 bits per heavy atom. The molecule has 2 aromatic carbocycles. The van der Waals surface area contributed by atoms with E-state index in [-0.39, 0.29) is 0 Å². The summed E-state index contributed by atoms with van der Waals surface area (Å²) in [6.45, 7) is 4.43. The highest BCUT2D eigenvalue weighted by Gasteiger charge is 2.46. The lowest BCUT2D eigenvalue weighted by Gasteiger charge is -2.25. The van der Waals surface area contributed by atoms with Gasteiger partial charge in [-0.15, -0.1) is 0 Å². The highest BCUT2D eigenvalue weighted by molar-refractivity contribution is 5.91. The predicted molar refractivity (Wildman–Crippen MR) is 113 cm³/mol. The highest BCUT2D eigenvalue weighted by atomic mass is 19.2. The van der Waals surface area contributed by atoms with Gasteiger partial charge >= 0.3 is 23.9 Å². The molecule has 0 radical (unpaired) electrons. The fraction of sp³-hybridized carbons (Fsp3) is 0.333. The van der Waals surface area contributed by atoms with Crippen LogP contribution >= 0.6 is 0 Å². The number of hydrogen-bond acceptors (Lipinski definition) is 8. The molecule has 42 heavy (non-hydrogen) atoms. The minimum absolute atomic E-state index is 1.11. The molecule has 0 N–H and O–H groups in total. The quantitative estimate of drug-likeness (QED) is 0.130. The Balaban J connectivity index is 2.69. The van der Waals surface area contributed by atoms with E-state index >= 15 is 0 Å². The average Bonchev–Trinajstić information content (AvgIpc) is 2.94. The number of carbonyl (C=O) groups is 4. The first-order chi connectivity index (χ1) is 19.3. The number of halogens is 10. The van der Waals surface area contributed by atoms with Crippen LogP contribution < -0.4 is 9.47 Å². The number of ether oxygens (including phenoxy) is 4. The summed E-state index contributed by atoms with van der Waals surface area (Å²) in [4.78, 5) is 50.1. The lowest BCUT2D eigenvalue weighted by atomic mass is 10.1. The Kier molecular flexibility index (Phi) is 10.5. The Hall–Kier alpha value is -4.38. The smallest absolute Gasteiger partial charge is 0.357 e. The first kappa shape index (κ1) is 33.8. The fourth-order valence-corrected chi connectivity index (χ4v) is 2.66. The Bertz CT molecular complexity index is 1280. The van der Waals surface area contributed by atoms with E-state index in [2.05, 4.69) is 18.9 Å². The van der Waals surface area contributed by atoms with Gasteiger partial charge in [0, 0.05) is 0 Å². The van der Waals surface area contributed by atoms with Crippen molar-refractivity contribution in [1.82, 2.24) is 0 Å². The van der Waals surface area contributed by atoms with Crippen molar-refractivity contribution in [3.63, 3.8) is 0 Å². The van der Waals surface area contributed by atoms with E-state index in [1.807, 2.05) is 0 Å². The molecule has 18 heteroatoms. The molecule has 0 fully saturated rings. The third-order valence-corrected chi connectivity index (χ3v) is 4.91. The van der Waals surface area contributed by atoms with Crippen molar-refractivity contribution in [2.24, 2.45) is 11.8 Å². The van der Waals surface area contributed by atoms with Crippen LogP contribution in [0.15, 0.2) is 0 Å². The van der Waals surface area contributed by atoms with E-state index in [1.54, 1.807) is 0 Å². The number of carbonyl (C=O) groups excluding carboxylic acids is 4. The van der Waals surface area contributed by atoms with Crippen LogP contribution in [0.2, 0.25) is 0 Å². The van der Waals surface area contributed by atoms with Crippen molar-refractivity contribution in [2.75, 3.05) is 0 Å². The Morgan fingerprint density at radius 3 is 0.833 bits per heavy atom. The molecule has 0 aliphatic carbocycles. The number of hydrogen-bond donors (Lipinski definition) is 0. The number of rotatable bonds is 9. The van der Waals surface area contributed by atoms with Gasteiger partial charge in [0.05, 0.1) is 11.8 Å². The zero-order valence-electron chi connectivity index (χ0n) is 21.4. The first-order valence-corrected chi connectivity index (χ1v) is 11.2. The maximum atomic E-state index is 14.1. The minimum Gasteiger partial charge on any atom is -0.445 e. The molecule has 2 unspecified atom stereocenters. The SMILES string of the molecule is CC(C)C(=O)OC(C(=O)Oc1c(F)c(F)c(F)c(F)c1F)C(OC(=O)C(C)C)C(=O)Oc1c(F)c(F)c(F)c(F)c1F. The average molecular weight is 622 g/mol. The normalized spacial score (nSPS) is 12.7. The number of benzene rings is 2. The molecule has 0 heterocycles. The second-order valence-corrected chi connectivity index (χ2v) is 8.66. The molecule has 8 nitrogen and oxygen atoms in total. The minimum atomic E-state index is -3.09. The molecule has 0 spiro atoms. The zero-order valence-corrected chi connectivity index (χ0v) is 21.4. The van der Waals surface area contributed by atoms with E-state index in [9.17, 15) is 63.1 Å². The van der Waals surface area contributed by atoms with Crippen LogP contribution in [-0.2, 0) is 28.7 Å². The lowest BCUT2D eigenvalue weighted by molar-refractivity contribution is -0.188. The molecule has 0 aromatic heterocycles. The van der Waals surface area contributed by atoms with Crippen molar-refractivity contribution in [1.29, 1.82) is 0 Å². The predicted octanol–water partition coefficient (Wildman–Crippen LogP) is 4.72. The molecule has 0 bridgehead atoms. The van der Waals surface area contributed by atoms with Crippen molar-refractivity contribution >= 4 is 23.9 Å². The summed E-state index contributed by atoms with van der Waals surface area (Å²) in [6.07, 6.45) is -6.18. The van der Waals surface area contributed by atoms with Gasteiger partial charge in [0.1, 0.15) is 0 Å². The van der Waals surface area contributed by atoms with Crippen molar-refractivity contribution in [2.45, 2.75) is 39.9 Å². The summed E-state index contributed by atoms with van der Waals surface area (Å²) in [5.74, 6) is -41.5. The van der Waals surface area contributed by atoms with Gasteiger partial charge in [-0.1, -0.05) is 27.7 Å². The summed E-state index contributed by atoms with van der Waals surface area (Å²) in [5, 5.41) is 0. The summed E-state index contributed by atoms with van der Waals surface area (Å²) >= 11 is 0. The maximum Gasteiger partial charge on any atom is 0.357 e. The van der Waals surface area contributed by atoms with E-state index in [0.29, 0.717) is 0 Å². The molecule has 2 rings (SSSR count). The fourth-order valence-electron chi connectivity index (χ4n) is 2.66. The van der Waals surface area contributed by atoms with Crippen LogP contribution in [0.25, 0.3) is 0 Å². The molecule has 0 saturated heterocycles. The third kappa shape index (κ3) is 6.73. The largest absolute Gasteiger partial charge is 0.445 e. The van der Waals surface area contributed by atoms with E-state index in [4.69, 9.17) is 0 Å². The molecule has 2 atom stereocenters. The van der Waals surface area contributed by atoms with E-state index in [1.165, 1.54) is 0 Å². The highest BCUT2D eigenvalue weighted by Crippen LogP contribution is 2.32. The summed E-state index contributed by atoms with van der Waals surface area (Å²) < 4.78 is 155. The molecule has 0 saturated carbocycles. The van der Waals surface area contributed by atoms with Gasteiger partial charge in [-0.2, -0.15) is 17.6 Å². The maximum absolute atomic E-state index is 14.1. The third-order valence-electron chi connectivity index (χ3n) is 4.91. The Labute approximate surface area is 228 Å². The van der Waals surface area contributed by atoms with Crippen molar-refractivity contribution in [3.05, 3.63) is 58.2 Å². The summed E-state index contributed by atoms with van der Waals surface area (Å²) in [5.41, 5.74) is 0. The van der Waals surface area contributed by atoms with Crippen LogP contribution in [0, 0.1) is 70.0 Å². The van der Waals surface area contributed by atoms with Crippen LogP contribution in [0.1, 0.15) is 27.7 Å². The van der Waals surface area contributed by atoms with Gasteiger partial charge < -0.3 is 18.9 Å². The Morgan fingerprint density at radius 2 is 0.619 bits per heavy atom. The molecular formula is C24H16F10O8. The van der Waals surface area contributed by atoms with Gasteiger partial charge in [-0.05, 0) is 0 Å². The van der Waals surface area contributed by atoms with Gasteiger partial charge in [0.25, 0.3) is 0 Å². The monoisotopic (exact) mass is 622 g/mol. The van der Waals surface area contributed by atoms with Crippen LogP contribution in [-0.4, -0.2) is 36.1 Å². The molecule has 0 aliphatic rings. The molecule has 2 aromatic rings. The standard InChI is InChI=1S/C24H16F10O8/c1-5(2)21(35)41-19(23(37)39-17-13(31)9(27)7(25)10(28)14(17)32)20(42-22(36)6(3)4)24(38)40-18-15(33)11(29)8(26)12(30)16(18)34/h5-6,19-20H,1-4H3. The van der Waals surface area contributed by atoms with Crippen LogP contribution in [0.4, 0.5) is 43.9 Å². The van der Waals surface area contributed by atoms with Crippen molar-refractivity contribution < 1.29 is 82.0 Å². The van der Waals surface area contributed by atoms with E-state index in [0.717, 1.165) is 27.7 Å². The van der Waals surface area contributed by atoms with Gasteiger partial charge in [0.15, 0.2) is 0 Å². The lowest BCUT2D eigenvalue weighted by Crippen LogP contribution is -2.50. The van der Waals surface area contributed by atoms with Gasteiger partial charge in [-0.25, -0.2) is 35.9 Å². The molecule has 0 amide bonds. The van der Waals surface area contributed by atoms with Crippen LogP contribution in [0.5, 0.6) is 11.5 Å². The molecular weight excluding hydrogens is 606 g/mol. The zero-order chi connectivity index (χ0) is 32.4. The van der Waals surface area contributed by atoms with E-state index < -0.39 is 118 Å². The molecule has 230 valence electrons. The second-order valence-electron chi connectivity index (χ2n) is 8.66. The van der Waals surface area contributed by atoms with Gasteiger partial charge in [0.2, 0.25) is 81.9 Å². The summed E-state index contributed by atoms with van der Waals surface area (Å²) in [7, 11) is 0. The van der Waals surface area contributed by atoms with Gasteiger partial charge in [-0.3, -0.25) is 9.59 Å². The number of esters is 4. The summed E-state index contributed by atoms with van der Waals surface area (Å²) in [6, 6.07) is 0.